The highest BCUT2D eigenvalue weighted by atomic mass is 127. The molecule has 0 aliphatic heterocycles. The van der Waals surface area contributed by atoms with Crippen molar-refractivity contribution in [3.63, 3.8) is 0 Å². The van der Waals surface area contributed by atoms with Crippen molar-refractivity contribution in [3.05, 3.63) is 35.8 Å². The molecule has 0 saturated heterocycles. The Morgan fingerprint density at radius 1 is 1.41 bits per heavy atom. The summed E-state index contributed by atoms with van der Waals surface area (Å²) in [6.07, 6.45) is 5.83. The van der Waals surface area contributed by atoms with Crippen molar-refractivity contribution in [1.29, 1.82) is 0 Å². The number of rotatable bonds is 10. The average molecular weight is 506 g/mol. The highest BCUT2D eigenvalue weighted by molar-refractivity contribution is 14.0. The first kappa shape index (κ1) is 23.8. The van der Waals surface area contributed by atoms with Crippen molar-refractivity contribution >= 4 is 41.7 Å². The Labute approximate surface area is 183 Å². The summed E-state index contributed by atoms with van der Waals surface area (Å²) in [5.74, 6) is 4.74. The first-order valence-corrected chi connectivity index (χ1v) is 10.5. The Hall–Kier alpha value is -1.23. The van der Waals surface area contributed by atoms with Gasteiger partial charge < -0.3 is 19.6 Å². The standard InChI is InChI=1S/C18H30N6OS.HI/c1-5-17-23-21-13-24(17)11-10-20-18(19-9-6-12-26-4)22-15(3)16-8-7-14(2)25-16;/h7-8,13,15H,5-6,9-12H2,1-4H3,(H2,19,20,22);1H. The van der Waals surface area contributed by atoms with Crippen LogP contribution in [0, 0.1) is 6.92 Å². The number of aromatic nitrogens is 3. The van der Waals surface area contributed by atoms with E-state index in [0.717, 1.165) is 61.5 Å². The van der Waals surface area contributed by atoms with Gasteiger partial charge in [-0.05, 0) is 44.4 Å². The van der Waals surface area contributed by atoms with E-state index in [4.69, 9.17) is 9.41 Å². The van der Waals surface area contributed by atoms with E-state index in [9.17, 15) is 0 Å². The molecule has 2 aromatic heterocycles. The van der Waals surface area contributed by atoms with Crippen molar-refractivity contribution in [2.24, 2.45) is 4.99 Å². The van der Waals surface area contributed by atoms with E-state index in [1.807, 2.05) is 30.8 Å². The van der Waals surface area contributed by atoms with E-state index in [-0.39, 0.29) is 30.0 Å². The van der Waals surface area contributed by atoms with Crippen LogP contribution in [0.1, 0.15) is 43.7 Å². The fourth-order valence-electron chi connectivity index (χ4n) is 2.55. The van der Waals surface area contributed by atoms with Gasteiger partial charge in [-0.25, -0.2) is 0 Å². The molecule has 0 aliphatic carbocycles. The maximum absolute atomic E-state index is 5.71. The number of hydrogen-bond donors (Lipinski definition) is 2. The maximum atomic E-state index is 5.71. The van der Waals surface area contributed by atoms with E-state index < -0.39 is 0 Å². The average Bonchev–Trinajstić information content (AvgIpc) is 3.27. The van der Waals surface area contributed by atoms with Crippen LogP contribution < -0.4 is 10.6 Å². The van der Waals surface area contributed by atoms with Crippen molar-refractivity contribution < 1.29 is 4.42 Å². The Bertz CT molecular complexity index is 687. The number of aliphatic imine (C=N–C) groups is 1. The van der Waals surface area contributed by atoms with Crippen LogP contribution in [-0.2, 0) is 13.0 Å². The lowest BCUT2D eigenvalue weighted by Gasteiger charge is -2.17. The molecule has 2 N–H and O–H groups in total. The lowest BCUT2D eigenvalue weighted by atomic mass is 10.2. The molecule has 0 bridgehead atoms. The quantitative estimate of drug-likeness (QED) is 0.223. The summed E-state index contributed by atoms with van der Waals surface area (Å²) in [4.78, 5) is 4.69. The summed E-state index contributed by atoms with van der Waals surface area (Å²) in [5, 5.41) is 14.9. The second kappa shape index (κ2) is 13.0. The second-order valence-electron chi connectivity index (χ2n) is 6.11. The Kier molecular flexibility index (Phi) is 11.5. The minimum Gasteiger partial charge on any atom is -0.464 e. The molecule has 0 spiro atoms. The van der Waals surface area contributed by atoms with Crippen molar-refractivity contribution in [2.45, 2.75) is 46.2 Å². The number of aryl methyl sites for hydroxylation is 2. The molecule has 7 nitrogen and oxygen atoms in total. The summed E-state index contributed by atoms with van der Waals surface area (Å²) >= 11 is 1.84. The van der Waals surface area contributed by atoms with E-state index >= 15 is 0 Å². The summed E-state index contributed by atoms with van der Waals surface area (Å²) in [6, 6.07) is 4.04. The number of halogens is 1. The van der Waals surface area contributed by atoms with Crippen LogP contribution >= 0.6 is 35.7 Å². The fourth-order valence-corrected chi connectivity index (χ4v) is 2.97. The second-order valence-corrected chi connectivity index (χ2v) is 7.10. The molecule has 152 valence electrons. The molecule has 0 aromatic carbocycles. The van der Waals surface area contributed by atoms with Crippen LogP contribution in [0.3, 0.4) is 0 Å². The third-order valence-corrected chi connectivity index (χ3v) is 4.67. The van der Waals surface area contributed by atoms with Crippen LogP contribution in [0.4, 0.5) is 0 Å². The summed E-state index contributed by atoms with van der Waals surface area (Å²) in [7, 11) is 0. The molecule has 1 atom stereocenters. The van der Waals surface area contributed by atoms with E-state index in [1.165, 1.54) is 0 Å². The van der Waals surface area contributed by atoms with Gasteiger partial charge in [0.05, 0.1) is 6.04 Å². The zero-order valence-corrected chi connectivity index (χ0v) is 19.7. The highest BCUT2D eigenvalue weighted by Gasteiger charge is 2.11. The first-order valence-electron chi connectivity index (χ1n) is 9.10. The summed E-state index contributed by atoms with van der Waals surface area (Å²) in [5.41, 5.74) is 0. The molecular formula is C18H31IN6OS. The van der Waals surface area contributed by atoms with Gasteiger partial charge in [0.2, 0.25) is 0 Å². The smallest absolute Gasteiger partial charge is 0.191 e. The van der Waals surface area contributed by atoms with Gasteiger partial charge in [0.15, 0.2) is 5.96 Å². The molecule has 0 radical (unpaired) electrons. The zero-order valence-electron chi connectivity index (χ0n) is 16.6. The third-order valence-electron chi connectivity index (χ3n) is 3.97. The predicted molar refractivity (Wildman–Crippen MR) is 123 cm³/mol. The van der Waals surface area contributed by atoms with Gasteiger partial charge >= 0.3 is 0 Å². The number of guanidine groups is 1. The number of hydrogen-bond acceptors (Lipinski definition) is 5. The molecular weight excluding hydrogens is 475 g/mol. The van der Waals surface area contributed by atoms with E-state index in [0.29, 0.717) is 0 Å². The predicted octanol–water partition coefficient (Wildman–Crippen LogP) is 3.41. The Balaban J connectivity index is 0.00000364. The number of thioether (sulfide) groups is 1. The molecule has 27 heavy (non-hydrogen) atoms. The Morgan fingerprint density at radius 3 is 2.89 bits per heavy atom. The molecule has 0 aliphatic rings. The molecule has 2 aromatic rings. The van der Waals surface area contributed by atoms with Gasteiger partial charge in [-0.3, -0.25) is 4.99 Å². The largest absolute Gasteiger partial charge is 0.464 e. The van der Waals surface area contributed by atoms with Gasteiger partial charge in [0, 0.05) is 26.1 Å². The fraction of sp³-hybridized carbons (Fsp3) is 0.611. The molecule has 0 fully saturated rings. The molecule has 9 heteroatoms. The molecule has 0 saturated carbocycles. The SMILES string of the molecule is CCc1nncn1CCNC(=NCCCSC)NC(C)c1ccc(C)o1.I. The van der Waals surface area contributed by atoms with Gasteiger partial charge in [-0.2, -0.15) is 11.8 Å². The van der Waals surface area contributed by atoms with E-state index in [1.54, 1.807) is 6.33 Å². The van der Waals surface area contributed by atoms with Crippen LogP contribution in [0.2, 0.25) is 0 Å². The van der Waals surface area contributed by atoms with Crippen LogP contribution in [0.25, 0.3) is 0 Å². The monoisotopic (exact) mass is 506 g/mol. The highest BCUT2D eigenvalue weighted by Crippen LogP contribution is 2.15. The molecule has 2 rings (SSSR count). The lowest BCUT2D eigenvalue weighted by molar-refractivity contribution is 0.441. The van der Waals surface area contributed by atoms with Crippen molar-refractivity contribution in [1.82, 2.24) is 25.4 Å². The van der Waals surface area contributed by atoms with Crippen LogP contribution in [0.15, 0.2) is 27.9 Å². The number of nitrogens with one attached hydrogen (secondary N) is 2. The summed E-state index contributed by atoms with van der Waals surface area (Å²) in [6.45, 7) is 8.47. The lowest BCUT2D eigenvalue weighted by Crippen LogP contribution is -2.40. The molecule has 2 heterocycles. The van der Waals surface area contributed by atoms with Crippen LogP contribution in [-0.4, -0.2) is 45.8 Å². The minimum absolute atomic E-state index is 0. The first-order chi connectivity index (χ1) is 12.6. The van der Waals surface area contributed by atoms with Gasteiger partial charge in [-0.15, -0.1) is 34.2 Å². The molecule has 1 unspecified atom stereocenters. The van der Waals surface area contributed by atoms with Gasteiger partial charge in [0.1, 0.15) is 23.7 Å². The van der Waals surface area contributed by atoms with E-state index in [2.05, 4.69) is 45.5 Å². The topological polar surface area (TPSA) is 80.3 Å². The number of nitrogens with zero attached hydrogens (tertiary/aromatic N) is 4. The van der Waals surface area contributed by atoms with Crippen molar-refractivity contribution in [2.75, 3.05) is 25.1 Å². The maximum Gasteiger partial charge on any atom is 0.191 e. The van der Waals surface area contributed by atoms with Gasteiger partial charge in [-0.1, -0.05) is 6.92 Å². The van der Waals surface area contributed by atoms with Crippen molar-refractivity contribution in [3.8, 4) is 0 Å². The Morgan fingerprint density at radius 2 is 2.22 bits per heavy atom. The van der Waals surface area contributed by atoms with Crippen LogP contribution in [0.5, 0.6) is 0 Å². The third kappa shape index (κ3) is 8.12. The normalized spacial score (nSPS) is 12.5. The zero-order chi connectivity index (χ0) is 18.8. The summed E-state index contributed by atoms with van der Waals surface area (Å²) < 4.78 is 7.78. The minimum atomic E-state index is 0. The molecule has 0 amide bonds. The number of furan rings is 1. The van der Waals surface area contributed by atoms with Gasteiger partial charge in [0.25, 0.3) is 0 Å².